The van der Waals surface area contributed by atoms with E-state index in [9.17, 15) is 4.79 Å². The molecular weight excluding hydrogens is 334 g/mol. The zero-order valence-corrected chi connectivity index (χ0v) is 14.3. The molecule has 3 rings (SSSR count). The van der Waals surface area contributed by atoms with Gasteiger partial charge in [-0.05, 0) is 6.54 Å². The summed E-state index contributed by atoms with van der Waals surface area (Å²) in [6, 6.07) is 0. The van der Waals surface area contributed by atoms with Gasteiger partial charge in [0.05, 0.1) is 23.9 Å². The fourth-order valence-corrected chi connectivity index (χ4v) is 3.73. The average Bonchev–Trinajstić information content (AvgIpc) is 3.18. The molecule has 9 heteroatoms. The average molecular weight is 353 g/mol. The van der Waals surface area contributed by atoms with Crippen molar-refractivity contribution in [1.29, 1.82) is 0 Å². The van der Waals surface area contributed by atoms with E-state index in [0.717, 1.165) is 43.5 Å². The van der Waals surface area contributed by atoms with Crippen LogP contribution in [0.5, 0.6) is 0 Å². The minimum atomic E-state index is -0.225. The monoisotopic (exact) mass is 353 g/mol. The number of hydrogen-bond acceptors (Lipinski definition) is 8. The molecule has 0 radical (unpaired) electrons. The maximum atomic E-state index is 12.2. The fraction of sp³-hybridized carbons (Fsp3) is 0.500. The highest BCUT2D eigenvalue weighted by molar-refractivity contribution is 7.14. The van der Waals surface area contributed by atoms with Crippen LogP contribution >= 0.6 is 22.7 Å². The van der Waals surface area contributed by atoms with E-state index < -0.39 is 0 Å². The molecule has 1 fully saturated rings. The van der Waals surface area contributed by atoms with Gasteiger partial charge in [-0.2, -0.15) is 0 Å². The summed E-state index contributed by atoms with van der Waals surface area (Å²) in [7, 11) is 0. The van der Waals surface area contributed by atoms with E-state index in [2.05, 4.69) is 20.2 Å². The smallest absolute Gasteiger partial charge is 0.276 e. The molecule has 7 nitrogen and oxygen atoms in total. The molecule has 0 unspecified atom stereocenters. The van der Waals surface area contributed by atoms with Gasteiger partial charge >= 0.3 is 0 Å². The second-order valence-corrected chi connectivity index (χ2v) is 6.95. The van der Waals surface area contributed by atoms with Crippen LogP contribution in [0.4, 0.5) is 5.13 Å². The van der Waals surface area contributed by atoms with Gasteiger partial charge in [0.1, 0.15) is 5.69 Å². The number of morpholine rings is 1. The number of anilines is 1. The van der Waals surface area contributed by atoms with Gasteiger partial charge in [-0.1, -0.05) is 0 Å². The Balaban J connectivity index is 1.56. The summed E-state index contributed by atoms with van der Waals surface area (Å²) < 4.78 is 5.33. The zero-order chi connectivity index (χ0) is 16.1. The van der Waals surface area contributed by atoms with Crippen LogP contribution in [0.1, 0.15) is 21.2 Å². The highest BCUT2D eigenvalue weighted by atomic mass is 32.1. The van der Waals surface area contributed by atoms with E-state index in [1.165, 1.54) is 22.7 Å². The molecule has 0 atom stereocenters. The summed E-state index contributed by atoms with van der Waals surface area (Å²) >= 11 is 2.89. The lowest BCUT2D eigenvalue weighted by atomic mass is 10.4. The molecule has 23 heavy (non-hydrogen) atoms. The van der Waals surface area contributed by atoms with E-state index in [0.29, 0.717) is 23.8 Å². The van der Waals surface area contributed by atoms with E-state index >= 15 is 0 Å². The molecule has 3 N–H and O–H groups in total. The van der Waals surface area contributed by atoms with Crippen molar-refractivity contribution >= 4 is 33.7 Å². The number of amides is 1. The highest BCUT2D eigenvalue weighted by Gasteiger charge is 2.15. The van der Waals surface area contributed by atoms with Gasteiger partial charge in [-0.15, -0.1) is 22.7 Å². The Kier molecular flexibility index (Phi) is 5.68. The van der Waals surface area contributed by atoms with Gasteiger partial charge in [-0.3, -0.25) is 15.0 Å². The van der Waals surface area contributed by atoms with Gasteiger partial charge in [0.15, 0.2) is 5.13 Å². The van der Waals surface area contributed by atoms with E-state index in [4.69, 9.17) is 10.5 Å². The van der Waals surface area contributed by atoms with Crippen LogP contribution < -0.4 is 11.1 Å². The number of nitrogens with zero attached hydrogens (tertiary/aromatic N) is 3. The Bertz CT molecular complexity index is 651. The number of nitrogens with one attached hydrogen (secondary N) is 1. The number of thiazole rings is 2. The number of carbonyl (C=O) groups excluding carboxylic acids is 1. The maximum absolute atomic E-state index is 12.2. The Hall–Kier alpha value is -1.39. The van der Waals surface area contributed by atoms with E-state index in [1.807, 2.05) is 5.38 Å². The van der Waals surface area contributed by atoms with Crippen LogP contribution in [0.25, 0.3) is 0 Å². The lowest BCUT2D eigenvalue weighted by Gasteiger charge is -2.25. The third kappa shape index (κ3) is 4.55. The fourth-order valence-electron chi connectivity index (χ4n) is 2.24. The van der Waals surface area contributed by atoms with Crippen LogP contribution in [0.3, 0.4) is 0 Å². The van der Waals surface area contributed by atoms with Crippen LogP contribution in [0, 0.1) is 0 Å². The van der Waals surface area contributed by atoms with Crippen molar-refractivity contribution in [3.8, 4) is 0 Å². The second kappa shape index (κ2) is 7.93. The summed E-state index contributed by atoms with van der Waals surface area (Å²) in [6.07, 6.45) is 0.693. The molecule has 3 heterocycles. The third-order valence-corrected chi connectivity index (χ3v) is 5.12. The molecule has 2 aromatic rings. The number of hydrogen-bond donors (Lipinski definition) is 2. The molecule has 0 aliphatic carbocycles. The predicted octanol–water partition coefficient (Wildman–Crippen LogP) is 1.19. The number of ether oxygens (including phenoxy) is 1. The van der Waals surface area contributed by atoms with Gasteiger partial charge < -0.3 is 10.5 Å². The van der Waals surface area contributed by atoms with Crippen molar-refractivity contribution in [3.63, 3.8) is 0 Å². The normalized spacial score (nSPS) is 15.7. The molecule has 2 aromatic heterocycles. The lowest BCUT2D eigenvalue weighted by Crippen LogP contribution is -2.35. The Labute approximate surface area is 142 Å². The van der Waals surface area contributed by atoms with Crippen molar-refractivity contribution in [3.05, 3.63) is 27.2 Å². The van der Waals surface area contributed by atoms with Crippen LogP contribution in [0.2, 0.25) is 0 Å². The van der Waals surface area contributed by atoms with E-state index in [1.54, 1.807) is 5.38 Å². The Morgan fingerprint density at radius 1 is 1.30 bits per heavy atom. The minimum absolute atomic E-state index is 0.225. The molecule has 124 valence electrons. The first-order chi connectivity index (χ1) is 11.2. The molecule has 1 amide bonds. The summed E-state index contributed by atoms with van der Waals surface area (Å²) in [5, 5.41) is 8.02. The summed E-state index contributed by atoms with van der Waals surface area (Å²) in [4.78, 5) is 23.2. The van der Waals surface area contributed by atoms with E-state index in [-0.39, 0.29) is 5.91 Å². The van der Waals surface area contributed by atoms with Gasteiger partial charge in [0.25, 0.3) is 5.91 Å². The van der Waals surface area contributed by atoms with Crippen LogP contribution in [-0.4, -0.2) is 53.6 Å². The molecule has 1 aliphatic rings. The number of nitrogens with two attached hydrogens (primary N) is 1. The molecule has 0 bridgehead atoms. The topological polar surface area (TPSA) is 93.4 Å². The quantitative estimate of drug-likeness (QED) is 0.810. The Morgan fingerprint density at radius 3 is 2.91 bits per heavy atom. The number of rotatable bonds is 6. The molecule has 1 saturated heterocycles. The Morgan fingerprint density at radius 2 is 2.13 bits per heavy atom. The van der Waals surface area contributed by atoms with Gasteiger partial charge in [-0.25, -0.2) is 9.97 Å². The SMILES string of the molecule is NCCc1nc(C(=O)Nc2nc(CN3CCOCC3)cs2)cs1. The highest BCUT2D eigenvalue weighted by Crippen LogP contribution is 2.19. The first kappa shape index (κ1) is 16.5. The van der Waals surface area contributed by atoms with Crippen LogP contribution in [0.15, 0.2) is 10.8 Å². The largest absolute Gasteiger partial charge is 0.379 e. The number of aromatic nitrogens is 2. The van der Waals surface area contributed by atoms with Crippen molar-refractivity contribution in [2.45, 2.75) is 13.0 Å². The number of carbonyl (C=O) groups is 1. The van der Waals surface area contributed by atoms with Gasteiger partial charge in [0.2, 0.25) is 0 Å². The molecule has 1 aliphatic heterocycles. The van der Waals surface area contributed by atoms with Crippen LogP contribution in [-0.2, 0) is 17.7 Å². The standard InChI is InChI=1S/C14H19N5O2S2/c15-2-1-12-17-11(9-22-12)13(20)18-14-16-10(8-23-14)7-19-3-5-21-6-4-19/h8-9H,1-7,15H2,(H,16,18,20). The molecule has 0 spiro atoms. The van der Waals surface area contributed by atoms with Gasteiger partial charge in [0, 0.05) is 36.8 Å². The predicted molar refractivity (Wildman–Crippen MR) is 91.0 cm³/mol. The van der Waals surface area contributed by atoms with Crippen molar-refractivity contribution in [1.82, 2.24) is 14.9 Å². The molecule has 0 aromatic carbocycles. The molecular formula is C14H19N5O2S2. The maximum Gasteiger partial charge on any atom is 0.276 e. The third-order valence-electron chi connectivity index (χ3n) is 3.40. The summed E-state index contributed by atoms with van der Waals surface area (Å²) in [5.74, 6) is -0.225. The zero-order valence-electron chi connectivity index (χ0n) is 12.7. The lowest BCUT2D eigenvalue weighted by molar-refractivity contribution is 0.0337. The first-order valence-corrected chi connectivity index (χ1v) is 9.21. The summed E-state index contributed by atoms with van der Waals surface area (Å²) in [5.41, 5.74) is 6.88. The summed E-state index contributed by atoms with van der Waals surface area (Å²) in [6.45, 7) is 4.69. The van der Waals surface area contributed by atoms with Crippen molar-refractivity contribution in [2.24, 2.45) is 5.73 Å². The molecule has 0 saturated carbocycles. The van der Waals surface area contributed by atoms with Crippen molar-refractivity contribution in [2.75, 3.05) is 38.2 Å². The first-order valence-electron chi connectivity index (χ1n) is 7.45. The minimum Gasteiger partial charge on any atom is -0.379 e. The van der Waals surface area contributed by atoms with Crippen molar-refractivity contribution < 1.29 is 9.53 Å². The second-order valence-electron chi connectivity index (χ2n) is 5.15.